The zero-order valence-corrected chi connectivity index (χ0v) is 13.9. The van der Waals surface area contributed by atoms with Crippen molar-refractivity contribution in [3.8, 4) is 5.75 Å². The molecule has 3 N–H and O–H groups in total. The molecule has 0 saturated carbocycles. The van der Waals surface area contributed by atoms with Gasteiger partial charge in [-0.05, 0) is 37.3 Å². The van der Waals surface area contributed by atoms with Crippen LogP contribution in [0.15, 0.2) is 54.6 Å². The number of amides is 1. The second kappa shape index (κ2) is 5.49. The molecule has 5 nitrogen and oxygen atoms in total. The monoisotopic (exact) mass is 339 g/mol. The van der Waals surface area contributed by atoms with Crippen LogP contribution < -0.4 is 20.7 Å². The number of ether oxygens (including phenoxy) is 1. The van der Waals surface area contributed by atoms with Crippen molar-refractivity contribution in [3.63, 3.8) is 0 Å². The average Bonchev–Trinajstić information content (AvgIpc) is 2.54. The molecular formula is C18H17N3O2S. The second-order valence-electron chi connectivity index (χ2n) is 6.16. The van der Waals surface area contributed by atoms with Crippen LogP contribution in [-0.4, -0.2) is 16.7 Å². The standard InChI is InChI=1S/C18H17N3O2S/c1-18-14(16(22)19-11-7-3-2-4-8-11)15(20-17(24)21-18)12-9-5-6-10-13(12)23-18/h2-10,14-15H,1H3,(H,19,22)(H2,20,21,24)/t14-,15-,18-/m1/s1. The number of nitrogens with one attached hydrogen (secondary N) is 3. The number of thiocarbonyl (C=S) groups is 1. The van der Waals surface area contributed by atoms with Crippen LogP contribution >= 0.6 is 12.2 Å². The van der Waals surface area contributed by atoms with Crippen molar-refractivity contribution >= 4 is 28.9 Å². The van der Waals surface area contributed by atoms with Crippen LogP contribution in [0, 0.1) is 5.92 Å². The molecule has 24 heavy (non-hydrogen) atoms. The molecule has 2 bridgehead atoms. The number of hydrogen-bond donors (Lipinski definition) is 3. The SMILES string of the molecule is C[C@@]12NC(=S)N[C@H](c3ccccc3O1)[C@@H]2C(=O)Nc1ccccc1. The first-order valence-electron chi connectivity index (χ1n) is 7.79. The maximum absolute atomic E-state index is 13.0. The van der Waals surface area contributed by atoms with Gasteiger partial charge in [0, 0.05) is 11.3 Å². The van der Waals surface area contributed by atoms with Crippen molar-refractivity contribution < 1.29 is 9.53 Å². The van der Waals surface area contributed by atoms with E-state index in [4.69, 9.17) is 17.0 Å². The molecule has 6 heteroatoms. The minimum atomic E-state index is -0.903. The molecule has 0 radical (unpaired) electrons. The summed E-state index contributed by atoms with van der Waals surface area (Å²) in [4.78, 5) is 13.0. The third kappa shape index (κ3) is 2.39. The van der Waals surface area contributed by atoms with Crippen molar-refractivity contribution in [1.82, 2.24) is 10.6 Å². The first-order valence-corrected chi connectivity index (χ1v) is 8.20. The van der Waals surface area contributed by atoms with E-state index in [2.05, 4.69) is 16.0 Å². The van der Waals surface area contributed by atoms with Gasteiger partial charge in [-0.3, -0.25) is 4.79 Å². The third-order valence-corrected chi connectivity index (χ3v) is 4.69. The molecule has 2 heterocycles. The van der Waals surface area contributed by atoms with Gasteiger partial charge in [-0.15, -0.1) is 0 Å². The Kier molecular flexibility index (Phi) is 3.42. The van der Waals surface area contributed by atoms with E-state index in [9.17, 15) is 4.79 Å². The molecule has 1 amide bonds. The summed E-state index contributed by atoms with van der Waals surface area (Å²) in [5.74, 6) is 0.168. The van der Waals surface area contributed by atoms with Crippen LogP contribution in [0.5, 0.6) is 5.75 Å². The average molecular weight is 339 g/mol. The second-order valence-corrected chi connectivity index (χ2v) is 6.56. The Labute approximate surface area is 145 Å². The smallest absolute Gasteiger partial charge is 0.236 e. The largest absolute Gasteiger partial charge is 0.467 e. The van der Waals surface area contributed by atoms with Gasteiger partial charge in [-0.2, -0.15) is 0 Å². The van der Waals surface area contributed by atoms with Crippen LogP contribution in [0.4, 0.5) is 5.69 Å². The van der Waals surface area contributed by atoms with E-state index in [1.165, 1.54) is 0 Å². The Morgan fingerprint density at radius 2 is 1.88 bits per heavy atom. The highest BCUT2D eigenvalue weighted by molar-refractivity contribution is 7.80. The molecular weight excluding hydrogens is 322 g/mol. The lowest BCUT2D eigenvalue weighted by molar-refractivity contribution is -0.132. The quantitative estimate of drug-likeness (QED) is 0.734. The molecule has 0 spiro atoms. The van der Waals surface area contributed by atoms with Crippen molar-refractivity contribution in [1.29, 1.82) is 0 Å². The highest BCUT2D eigenvalue weighted by atomic mass is 32.1. The van der Waals surface area contributed by atoms with E-state index in [-0.39, 0.29) is 11.9 Å². The number of benzene rings is 2. The summed E-state index contributed by atoms with van der Waals surface area (Å²) in [6, 6.07) is 16.9. The van der Waals surface area contributed by atoms with Crippen LogP contribution in [-0.2, 0) is 4.79 Å². The van der Waals surface area contributed by atoms with Gasteiger partial charge < -0.3 is 20.7 Å². The molecule has 1 fully saturated rings. The van der Waals surface area contributed by atoms with Gasteiger partial charge in [0.05, 0.1) is 6.04 Å². The van der Waals surface area contributed by atoms with Gasteiger partial charge in [0.25, 0.3) is 0 Å². The van der Waals surface area contributed by atoms with Gasteiger partial charge in [-0.25, -0.2) is 0 Å². The summed E-state index contributed by atoms with van der Waals surface area (Å²) in [6.07, 6.45) is 0. The predicted molar refractivity (Wildman–Crippen MR) is 95.6 cm³/mol. The Balaban J connectivity index is 1.72. The van der Waals surface area contributed by atoms with Crippen LogP contribution in [0.1, 0.15) is 18.5 Å². The van der Waals surface area contributed by atoms with E-state index >= 15 is 0 Å². The highest BCUT2D eigenvalue weighted by Gasteiger charge is 2.54. The molecule has 4 rings (SSSR count). The number of para-hydroxylation sites is 2. The summed E-state index contributed by atoms with van der Waals surface area (Å²) in [5, 5.41) is 9.80. The molecule has 2 aromatic rings. The maximum Gasteiger partial charge on any atom is 0.236 e. The maximum atomic E-state index is 13.0. The first kappa shape index (κ1) is 15.0. The fourth-order valence-electron chi connectivity index (χ4n) is 3.43. The summed E-state index contributed by atoms with van der Waals surface area (Å²) in [6.45, 7) is 1.86. The Hall–Kier alpha value is -2.60. The topological polar surface area (TPSA) is 62.4 Å². The zero-order chi connectivity index (χ0) is 16.7. The van der Waals surface area contributed by atoms with Crippen molar-refractivity contribution in [3.05, 3.63) is 60.2 Å². The molecule has 2 aliphatic rings. The first-order chi connectivity index (χ1) is 11.6. The lowest BCUT2D eigenvalue weighted by Crippen LogP contribution is -2.70. The van der Waals surface area contributed by atoms with Crippen molar-refractivity contribution in [2.75, 3.05) is 5.32 Å². The van der Waals surface area contributed by atoms with Gasteiger partial charge >= 0.3 is 0 Å². The van der Waals surface area contributed by atoms with Gasteiger partial charge in [0.15, 0.2) is 10.8 Å². The molecule has 2 aliphatic heterocycles. The van der Waals surface area contributed by atoms with Crippen molar-refractivity contribution in [2.45, 2.75) is 18.7 Å². The van der Waals surface area contributed by atoms with E-state index in [1.807, 2.05) is 61.5 Å². The Morgan fingerprint density at radius 1 is 1.17 bits per heavy atom. The fraction of sp³-hybridized carbons (Fsp3) is 0.222. The van der Waals surface area contributed by atoms with E-state index in [1.54, 1.807) is 0 Å². The van der Waals surface area contributed by atoms with Gasteiger partial charge in [0.1, 0.15) is 11.7 Å². The summed E-state index contributed by atoms with van der Waals surface area (Å²) in [5.41, 5.74) is 0.790. The summed E-state index contributed by atoms with van der Waals surface area (Å²) < 4.78 is 6.13. The number of rotatable bonds is 2. The minimum absolute atomic E-state index is 0.120. The molecule has 3 atom stereocenters. The van der Waals surface area contributed by atoms with Crippen LogP contribution in [0.2, 0.25) is 0 Å². The molecule has 122 valence electrons. The summed E-state index contributed by atoms with van der Waals surface area (Å²) in [7, 11) is 0. The number of hydrogen-bond acceptors (Lipinski definition) is 3. The van der Waals surface area contributed by atoms with Crippen LogP contribution in [0.3, 0.4) is 0 Å². The normalized spacial score (nSPS) is 27.1. The van der Waals surface area contributed by atoms with E-state index in [0.29, 0.717) is 5.11 Å². The number of fused-ring (bicyclic) bond motifs is 4. The van der Waals surface area contributed by atoms with Crippen molar-refractivity contribution in [2.24, 2.45) is 5.92 Å². The van der Waals surface area contributed by atoms with E-state index in [0.717, 1.165) is 17.0 Å². The third-order valence-electron chi connectivity index (χ3n) is 4.47. The molecule has 0 unspecified atom stereocenters. The molecule has 0 aliphatic carbocycles. The van der Waals surface area contributed by atoms with E-state index < -0.39 is 11.6 Å². The van der Waals surface area contributed by atoms with Gasteiger partial charge in [-0.1, -0.05) is 36.4 Å². The number of anilines is 1. The summed E-state index contributed by atoms with van der Waals surface area (Å²) >= 11 is 5.30. The highest BCUT2D eigenvalue weighted by Crippen LogP contribution is 2.44. The lowest BCUT2D eigenvalue weighted by atomic mass is 9.80. The Morgan fingerprint density at radius 3 is 2.67 bits per heavy atom. The molecule has 1 saturated heterocycles. The molecule has 0 aromatic heterocycles. The van der Waals surface area contributed by atoms with Gasteiger partial charge in [0.2, 0.25) is 5.91 Å². The fourth-order valence-corrected chi connectivity index (χ4v) is 3.76. The number of carbonyl (C=O) groups is 1. The zero-order valence-electron chi connectivity index (χ0n) is 13.1. The lowest BCUT2D eigenvalue weighted by Gasteiger charge is -2.50. The molecule has 2 aromatic carbocycles. The number of carbonyl (C=O) groups excluding carboxylic acids is 1. The predicted octanol–water partition coefficient (Wildman–Crippen LogP) is 2.57. The minimum Gasteiger partial charge on any atom is -0.467 e. The Bertz CT molecular complexity index is 811. The van der Waals surface area contributed by atoms with Crippen LogP contribution in [0.25, 0.3) is 0 Å².